The number of hydrogen-bond acceptors (Lipinski definition) is 2. The molecule has 1 aromatic rings. The summed E-state index contributed by atoms with van der Waals surface area (Å²) in [6.07, 6.45) is 0. The van der Waals surface area contributed by atoms with Gasteiger partial charge >= 0.3 is 0 Å². The Hall–Kier alpha value is -0.483. The van der Waals surface area contributed by atoms with E-state index in [2.05, 4.69) is 19.6 Å². The van der Waals surface area contributed by atoms with Crippen LogP contribution in [0.1, 0.15) is 0 Å². The van der Waals surface area contributed by atoms with Gasteiger partial charge in [0.2, 0.25) is 0 Å². The molecule has 0 aliphatic heterocycles. The van der Waals surface area contributed by atoms with Gasteiger partial charge in [0, 0.05) is 11.5 Å². The molecular formula is C9H13FOSSi. The van der Waals surface area contributed by atoms with Gasteiger partial charge in [-0.15, -0.1) is 0 Å². The topological polar surface area (TPSA) is 9.23 Å². The predicted octanol–water partition coefficient (Wildman–Crippen LogP) is 3.69. The van der Waals surface area contributed by atoms with Crippen molar-refractivity contribution in [2.45, 2.75) is 19.6 Å². The van der Waals surface area contributed by atoms with Gasteiger partial charge in [0.05, 0.1) is 0 Å². The summed E-state index contributed by atoms with van der Waals surface area (Å²) < 4.78 is 17.9. The lowest BCUT2D eigenvalue weighted by atomic mass is 10.3. The zero-order chi connectivity index (χ0) is 9.90. The first-order valence-electron chi connectivity index (χ1n) is 4.09. The minimum Gasteiger partial charge on any atom is -0.433 e. The van der Waals surface area contributed by atoms with Crippen LogP contribution in [-0.4, -0.2) is 7.22 Å². The molecule has 0 aliphatic rings. The highest BCUT2D eigenvalue weighted by Crippen LogP contribution is 2.24. The second kappa shape index (κ2) is 4.15. The van der Waals surface area contributed by atoms with Crippen LogP contribution >= 0.6 is 11.5 Å². The van der Waals surface area contributed by atoms with E-state index in [0.717, 1.165) is 0 Å². The normalized spacial score (nSPS) is 11.4. The summed E-state index contributed by atoms with van der Waals surface area (Å²) in [6, 6.07) is 6.09. The molecule has 0 saturated carbocycles. The van der Waals surface area contributed by atoms with Crippen LogP contribution in [-0.2, 0) is 0 Å². The van der Waals surface area contributed by atoms with E-state index in [9.17, 15) is 4.39 Å². The van der Waals surface area contributed by atoms with E-state index in [-0.39, 0.29) is 5.82 Å². The van der Waals surface area contributed by atoms with E-state index in [0.29, 0.717) is 5.75 Å². The molecule has 0 spiro atoms. The van der Waals surface area contributed by atoms with Crippen molar-refractivity contribution in [3.63, 3.8) is 0 Å². The molecule has 1 aromatic carbocycles. The van der Waals surface area contributed by atoms with Crippen molar-refractivity contribution >= 4 is 18.7 Å². The van der Waals surface area contributed by atoms with Crippen LogP contribution in [0.4, 0.5) is 4.39 Å². The minimum atomic E-state index is -1.25. The Labute approximate surface area is 83.2 Å². The smallest absolute Gasteiger partial charge is 0.160 e. The zero-order valence-electron chi connectivity index (χ0n) is 8.00. The second-order valence-electron chi connectivity index (χ2n) is 3.73. The largest absolute Gasteiger partial charge is 0.433 e. The Bertz CT molecular complexity index is 268. The van der Waals surface area contributed by atoms with Gasteiger partial charge in [-0.25, -0.2) is 4.39 Å². The maximum absolute atomic E-state index is 12.5. The molecule has 0 heterocycles. The minimum absolute atomic E-state index is 0.231. The summed E-state index contributed by atoms with van der Waals surface area (Å²) in [5.74, 6) is 0.485. The van der Waals surface area contributed by atoms with Crippen LogP contribution in [0.3, 0.4) is 0 Å². The van der Waals surface area contributed by atoms with Gasteiger partial charge < -0.3 is 4.18 Å². The lowest BCUT2D eigenvalue weighted by molar-refractivity contribution is 0.615. The summed E-state index contributed by atoms with van der Waals surface area (Å²) in [5, 5.41) is 0. The molecule has 13 heavy (non-hydrogen) atoms. The fourth-order valence-corrected chi connectivity index (χ4v) is 2.16. The van der Waals surface area contributed by atoms with Crippen LogP contribution in [0.5, 0.6) is 5.75 Å². The van der Waals surface area contributed by atoms with Gasteiger partial charge in [-0.05, 0) is 24.3 Å². The fourth-order valence-electron chi connectivity index (χ4n) is 0.663. The van der Waals surface area contributed by atoms with E-state index in [1.165, 1.54) is 23.6 Å². The molecule has 0 N–H and O–H groups in total. The van der Waals surface area contributed by atoms with E-state index >= 15 is 0 Å². The van der Waals surface area contributed by atoms with Crippen molar-refractivity contribution < 1.29 is 8.57 Å². The Balaban J connectivity index is 2.51. The molecule has 0 unspecified atom stereocenters. The Morgan fingerprint density at radius 2 is 1.69 bits per heavy atom. The summed E-state index contributed by atoms with van der Waals surface area (Å²) in [6.45, 7) is 6.59. The van der Waals surface area contributed by atoms with Crippen molar-refractivity contribution in [3.8, 4) is 5.75 Å². The monoisotopic (exact) mass is 216 g/mol. The van der Waals surface area contributed by atoms with Crippen molar-refractivity contribution in [3.05, 3.63) is 30.1 Å². The molecule has 1 rings (SSSR count). The van der Waals surface area contributed by atoms with Crippen molar-refractivity contribution in [2.24, 2.45) is 0 Å². The van der Waals surface area contributed by atoms with E-state index in [1.807, 2.05) is 0 Å². The van der Waals surface area contributed by atoms with Crippen LogP contribution in [0, 0.1) is 5.82 Å². The van der Waals surface area contributed by atoms with Crippen LogP contribution in [0.25, 0.3) is 0 Å². The molecule has 1 nitrogen and oxygen atoms in total. The number of halogens is 1. The van der Waals surface area contributed by atoms with Crippen LogP contribution < -0.4 is 4.18 Å². The third-order valence-electron chi connectivity index (χ3n) is 1.20. The molecule has 0 bridgehead atoms. The van der Waals surface area contributed by atoms with Crippen molar-refractivity contribution in [1.82, 2.24) is 0 Å². The average Bonchev–Trinajstić information content (AvgIpc) is 2.02. The molecule has 0 aromatic heterocycles. The lowest BCUT2D eigenvalue weighted by Gasteiger charge is -2.14. The highest BCUT2D eigenvalue weighted by molar-refractivity contribution is 8.25. The third-order valence-corrected chi connectivity index (χ3v) is 3.73. The maximum atomic E-state index is 12.5. The first-order valence-corrected chi connectivity index (χ1v) is 9.05. The van der Waals surface area contributed by atoms with Gasteiger partial charge in [-0.2, -0.15) is 0 Å². The molecule has 0 amide bonds. The molecule has 72 valence electrons. The summed E-state index contributed by atoms with van der Waals surface area (Å²) >= 11 is 1.51. The first-order chi connectivity index (χ1) is 5.97. The number of hydrogen-bond donors (Lipinski definition) is 0. The second-order valence-corrected chi connectivity index (χ2v) is 12.5. The Morgan fingerprint density at radius 1 is 1.15 bits per heavy atom. The van der Waals surface area contributed by atoms with E-state index < -0.39 is 7.22 Å². The highest BCUT2D eigenvalue weighted by Gasteiger charge is 2.16. The molecule has 0 fully saturated rings. The Morgan fingerprint density at radius 3 is 2.15 bits per heavy atom. The van der Waals surface area contributed by atoms with Crippen molar-refractivity contribution in [1.29, 1.82) is 0 Å². The lowest BCUT2D eigenvalue weighted by Crippen LogP contribution is -2.15. The third kappa shape index (κ3) is 4.33. The van der Waals surface area contributed by atoms with E-state index in [1.54, 1.807) is 12.1 Å². The quantitative estimate of drug-likeness (QED) is 0.563. The number of rotatable bonds is 3. The van der Waals surface area contributed by atoms with E-state index in [4.69, 9.17) is 4.18 Å². The van der Waals surface area contributed by atoms with Gasteiger partial charge in [0.25, 0.3) is 0 Å². The molecule has 0 aliphatic carbocycles. The predicted molar refractivity (Wildman–Crippen MR) is 58.0 cm³/mol. The fraction of sp³-hybridized carbons (Fsp3) is 0.333. The molecule has 4 heteroatoms. The molecule has 0 radical (unpaired) electrons. The SMILES string of the molecule is C[Si](C)(C)SOc1ccc(F)cc1. The summed E-state index contributed by atoms with van der Waals surface area (Å²) in [4.78, 5) is 0. The number of benzene rings is 1. The van der Waals surface area contributed by atoms with Crippen molar-refractivity contribution in [2.75, 3.05) is 0 Å². The van der Waals surface area contributed by atoms with Gasteiger partial charge in [0.1, 0.15) is 11.6 Å². The summed E-state index contributed by atoms with van der Waals surface area (Å²) in [5.41, 5.74) is 0. The van der Waals surface area contributed by atoms with Gasteiger partial charge in [-0.3, -0.25) is 0 Å². The first kappa shape index (κ1) is 10.6. The van der Waals surface area contributed by atoms with Crippen LogP contribution in [0.2, 0.25) is 19.6 Å². The molecular weight excluding hydrogens is 203 g/mol. The maximum Gasteiger partial charge on any atom is 0.160 e. The zero-order valence-corrected chi connectivity index (χ0v) is 9.82. The molecule has 0 atom stereocenters. The van der Waals surface area contributed by atoms with Gasteiger partial charge in [-0.1, -0.05) is 19.6 Å². The average molecular weight is 216 g/mol. The summed E-state index contributed by atoms with van der Waals surface area (Å²) in [7, 11) is -1.25. The highest BCUT2D eigenvalue weighted by atomic mass is 32.4. The standard InChI is InChI=1S/C9H13FOSSi/c1-13(2,3)12-11-9-6-4-8(10)5-7-9/h4-7H,1-3H3. The van der Waals surface area contributed by atoms with Gasteiger partial charge in [0.15, 0.2) is 7.22 Å². The van der Waals surface area contributed by atoms with Crippen LogP contribution in [0.15, 0.2) is 24.3 Å². The molecule has 0 saturated heterocycles. The Kier molecular flexibility index (Phi) is 3.38.